The molecule has 1 fully saturated rings. The maximum atomic E-state index is 11.9. The van der Waals surface area contributed by atoms with E-state index < -0.39 is 0 Å². The minimum atomic E-state index is -0.337. The minimum Gasteiger partial charge on any atom is -0.491 e. The van der Waals surface area contributed by atoms with Crippen LogP contribution in [0.4, 0.5) is 0 Å². The first-order valence-corrected chi connectivity index (χ1v) is 6.06. The fraction of sp³-hybridized carbons (Fsp3) is 0.429. The Morgan fingerprint density at radius 1 is 1.22 bits per heavy atom. The Hall–Kier alpha value is -1.84. The van der Waals surface area contributed by atoms with E-state index >= 15 is 0 Å². The van der Waals surface area contributed by atoms with Crippen LogP contribution in [0.15, 0.2) is 24.3 Å². The fourth-order valence-electron chi connectivity index (χ4n) is 2.07. The molecular weight excluding hydrogens is 230 g/mol. The molecule has 1 aliphatic rings. The van der Waals surface area contributed by atoms with Gasteiger partial charge in [0.2, 0.25) is 11.8 Å². The number of likely N-dealkylation sites (tertiary alicyclic amines) is 1. The Labute approximate surface area is 107 Å². The zero-order chi connectivity index (χ0) is 13.3. The Balaban J connectivity index is 2.15. The van der Waals surface area contributed by atoms with Crippen molar-refractivity contribution in [1.29, 1.82) is 0 Å². The van der Waals surface area contributed by atoms with Crippen molar-refractivity contribution in [3.8, 4) is 5.75 Å². The van der Waals surface area contributed by atoms with Crippen LogP contribution in [0.1, 0.15) is 31.7 Å². The topological polar surface area (TPSA) is 46.6 Å². The summed E-state index contributed by atoms with van der Waals surface area (Å²) in [6, 6.07) is 7.39. The molecular formula is C14H17NO3. The number of carbonyl (C=O) groups is 2. The predicted molar refractivity (Wildman–Crippen MR) is 67.3 cm³/mol. The molecule has 1 aliphatic heterocycles. The number of nitrogens with zero attached hydrogens (tertiary/aromatic N) is 1. The van der Waals surface area contributed by atoms with E-state index in [0.29, 0.717) is 0 Å². The standard InChI is InChI=1S/C14H17NO3/c1-9(2)18-11-6-4-10(5-7-11)12-8-13(16)15(3)14(12)17/h4-7,9,12H,8H2,1-3H3/t12-/m1/s1. The van der Waals surface area contributed by atoms with Crippen LogP contribution in [0.5, 0.6) is 5.75 Å². The number of carbonyl (C=O) groups excluding carboxylic acids is 2. The fourth-order valence-corrected chi connectivity index (χ4v) is 2.07. The van der Waals surface area contributed by atoms with E-state index in [2.05, 4.69) is 0 Å². The van der Waals surface area contributed by atoms with Crippen LogP contribution < -0.4 is 4.74 Å². The van der Waals surface area contributed by atoms with Crippen molar-refractivity contribution in [3.05, 3.63) is 29.8 Å². The van der Waals surface area contributed by atoms with Crippen LogP contribution in [-0.4, -0.2) is 29.9 Å². The van der Waals surface area contributed by atoms with Gasteiger partial charge in [0.1, 0.15) is 5.75 Å². The lowest BCUT2D eigenvalue weighted by atomic mass is 9.97. The van der Waals surface area contributed by atoms with Crippen molar-refractivity contribution < 1.29 is 14.3 Å². The molecule has 1 saturated heterocycles. The molecule has 0 bridgehead atoms. The van der Waals surface area contributed by atoms with Gasteiger partial charge in [-0.2, -0.15) is 0 Å². The van der Waals surface area contributed by atoms with E-state index in [1.807, 2.05) is 38.1 Å². The second-order valence-electron chi connectivity index (χ2n) is 4.78. The van der Waals surface area contributed by atoms with Gasteiger partial charge in [-0.1, -0.05) is 12.1 Å². The second-order valence-corrected chi connectivity index (χ2v) is 4.78. The Kier molecular flexibility index (Phi) is 3.36. The van der Waals surface area contributed by atoms with Gasteiger partial charge in [-0.05, 0) is 31.5 Å². The van der Waals surface area contributed by atoms with E-state index in [0.717, 1.165) is 11.3 Å². The molecule has 4 nitrogen and oxygen atoms in total. The number of benzene rings is 1. The molecule has 0 aromatic heterocycles. The van der Waals surface area contributed by atoms with E-state index in [-0.39, 0.29) is 30.3 Å². The molecule has 0 N–H and O–H groups in total. The van der Waals surface area contributed by atoms with Crippen molar-refractivity contribution in [1.82, 2.24) is 4.90 Å². The third-order valence-electron chi connectivity index (χ3n) is 3.04. The summed E-state index contributed by atoms with van der Waals surface area (Å²) in [5.74, 6) is 0.194. The van der Waals surface area contributed by atoms with Gasteiger partial charge >= 0.3 is 0 Å². The van der Waals surface area contributed by atoms with Crippen LogP contribution in [-0.2, 0) is 9.59 Å². The third kappa shape index (κ3) is 2.37. The largest absolute Gasteiger partial charge is 0.491 e. The number of hydrogen-bond acceptors (Lipinski definition) is 3. The molecule has 96 valence electrons. The molecule has 2 amide bonds. The van der Waals surface area contributed by atoms with Gasteiger partial charge in [0, 0.05) is 13.5 Å². The Morgan fingerprint density at radius 2 is 1.83 bits per heavy atom. The number of amides is 2. The summed E-state index contributed by atoms with van der Waals surface area (Å²) < 4.78 is 5.54. The van der Waals surface area contributed by atoms with Gasteiger partial charge in [-0.15, -0.1) is 0 Å². The normalized spacial score (nSPS) is 19.8. The quantitative estimate of drug-likeness (QED) is 0.767. The summed E-state index contributed by atoms with van der Waals surface area (Å²) >= 11 is 0. The number of likely N-dealkylation sites (N-methyl/N-ethyl adjacent to an activating group) is 1. The Morgan fingerprint density at radius 3 is 2.28 bits per heavy atom. The lowest BCUT2D eigenvalue weighted by molar-refractivity contribution is -0.137. The summed E-state index contributed by atoms with van der Waals surface area (Å²) in [6.07, 6.45) is 0.386. The highest BCUT2D eigenvalue weighted by molar-refractivity contribution is 6.05. The molecule has 0 radical (unpaired) electrons. The van der Waals surface area contributed by atoms with Gasteiger partial charge < -0.3 is 4.74 Å². The summed E-state index contributed by atoms with van der Waals surface area (Å²) in [5, 5.41) is 0. The number of hydrogen-bond donors (Lipinski definition) is 0. The summed E-state index contributed by atoms with van der Waals surface area (Å²) in [7, 11) is 1.53. The van der Waals surface area contributed by atoms with E-state index in [1.165, 1.54) is 11.9 Å². The monoisotopic (exact) mass is 247 g/mol. The minimum absolute atomic E-state index is 0.118. The zero-order valence-electron chi connectivity index (χ0n) is 10.8. The average molecular weight is 247 g/mol. The van der Waals surface area contributed by atoms with Crippen LogP contribution in [0, 0.1) is 0 Å². The van der Waals surface area contributed by atoms with Crippen molar-refractivity contribution in [2.24, 2.45) is 0 Å². The first-order valence-electron chi connectivity index (χ1n) is 6.06. The lowest BCUT2D eigenvalue weighted by Crippen LogP contribution is -2.25. The lowest BCUT2D eigenvalue weighted by Gasteiger charge is -2.12. The third-order valence-corrected chi connectivity index (χ3v) is 3.04. The van der Waals surface area contributed by atoms with Crippen molar-refractivity contribution in [3.63, 3.8) is 0 Å². The van der Waals surface area contributed by atoms with E-state index in [9.17, 15) is 9.59 Å². The summed E-state index contributed by atoms with van der Waals surface area (Å²) in [4.78, 5) is 24.5. The molecule has 2 rings (SSSR count). The smallest absolute Gasteiger partial charge is 0.236 e. The summed E-state index contributed by atoms with van der Waals surface area (Å²) in [6.45, 7) is 3.92. The highest BCUT2D eigenvalue weighted by Crippen LogP contribution is 2.29. The molecule has 4 heteroatoms. The number of imide groups is 1. The average Bonchev–Trinajstić information content (AvgIpc) is 2.57. The molecule has 1 heterocycles. The first-order chi connectivity index (χ1) is 8.49. The van der Waals surface area contributed by atoms with Gasteiger partial charge in [0.05, 0.1) is 12.0 Å². The molecule has 18 heavy (non-hydrogen) atoms. The number of rotatable bonds is 3. The van der Waals surface area contributed by atoms with Gasteiger partial charge in [0.15, 0.2) is 0 Å². The van der Waals surface area contributed by atoms with Gasteiger partial charge in [-0.25, -0.2) is 0 Å². The maximum absolute atomic E-state index is 11.9. The molecule has 1 aromatic carbocycles. The second kappa shape index (κ2) is 4.80. The van der Waals surface area contributed by atoms with Crippen LogP contribution in [0.3, 0.4) is 0 Å². The van der Waals surface area contributed by atoms with Crippen LogP contribution in [0.2, 0.25) is 0 Å². The molecule has 0 saturated carbocycles. The predicted octanol–water partition coefficient (Wildman–Crippen LogP) is 1.95. The zero-order valence-corrected chi connectivity index (χ0v) is 10.8. The van der Waals surface area contributed by atoms with Gasteiger partial charge in [0.25, 0.3) is 0 Å². The summed E-state index contributed by atoms with van der Waals surface area (Å²) in [5.41, 5.74) is 0.869. The highest BCUT2D eigenvalue weighted by atomic mass is 16.5. The van der Waals surface area contributed by atoms with Crippen LogP contribution in [0.25, 0.3) is 0 Å². The van der Waals surface area contributed by atoms with Crippen LogP contribution >= 0.6 is 0 Å². The SMILES string of the molecule is CC(C)Oc1ccc([C@H]2CC(=O)N(C)C2=O)cc1. The van der Waals surface area contributed by atoms with Crippen molar-refractivity contribution >= 4 is 11.8 Å². The highest BCUT2D eigenvalue weighted by Gasteiger charge is 2.36. The van der Waals surface area contributed by atoms with Crippen molar-refractivity contribution in [2.45, 2.75) is 32.3 Å². The molecule has 1 atom stereocenters. The van der Waals surface area contributed by atoms with Gasteiger partial charge in [-0.3, -0.25) is 14.5 Å². The molecule has 0 unspecified atom stereocenters. The maximum Gasteiger partial charge on any atom is 0.236 e. The van der Waals surface area contributed by atoms with E-state index in [4.69, 9.17) is 4.74 Å². The van der Waals surface area contributed by atoms with Crippen molar-refractivity contribution in [2.75, 3.05) is 7.05 Å². The molecule has 0 aliphatic carbocycles. The molecule has 0 spiro atoms. The van der Waals surface area contributed by atoms with E-state index in [1.54, 1.807) is 0 Å². The first kappa shape index (κ1) is 12.6. The molecule has 1 aromatic rings. The Bertz CT molecular complexity index is 464. The number of ether oxygens (including phenoxy) is 1.